The molecule has 1 unspecified atom stereocenters. The standard InChI is InChI=1S/C10H16N4O3S/c1-2-5(9-16-3-4-17-9)18-6-7(11)13-10(12)14-8(6)15/h5,9H,2-4H2,1H3,(H5,11,12,13,14,15). The lowest BCUT2D eigenvalue weighted by Gasteiger charge is -2.20. The van der Waals surface area contributed by atoms with Gasteiger partial charge in [0.1, 0.15) is 10.7 Å². The normalized spacial score (nSPS) is 18.1. The van der Waals surface area contributed by atoms with Gasteiger partial charge in [-0.15, -0.1) is 11.8 Å². The van der Waals surface area contributed by atoms with E-state index in [0.29, 0.717) is 18.1 Å². The van der Waals surface area contributed by atoms with Crippen LogP contribution in [0.5, 0.6) is 0 Å². The zero-order valence-corrected chi connectivity index (χ0v) is 10.8. The molecule has 0 saturated carbocycles. The van der Waals surface area contributed by atoms with E-state index in [1.807, 2.05) is 6.92 Å². The lowest BCUT2D eigenvalue weighted by molar-refractivity contribution is -0.0421. The lowest BCUT2D eigenvalue weighted by Crippen LogP contribution is -2.25. The van der Waals surface area contributed by atoms with Gasteiger partial charge >= 0.3 is 0 Å². The maximum Gasteiger partial charge on any atom is 0.268 e. The summed E-state index contributed by atoms with van der Waals surface area (Å²) in [6.07, 6.45) is 0.481. The number of nitrogen functional groups attached to an aromatic ring is 2. The first-order valence-electron chi connectivity index (χ1n) is 5.67. The molecule has 1 aromatic heterocycles. The molecule has 0 spiro atoms. The largest absolute Gasteiger partial charge is 0.382 e. The van der Waals surface area contributed by atoms with Gasteiger partial charge in [0.25, 0.3) is 5.56 Å². The van der Waals surface area contributed by atoms with Crippen LogP contribution < -0.4 is 17.0 Å². The summed E-state index contributed by atoms with van der Waals surface area (Å²) in [6, 6.07) is 0. The second-order valence-electron chi connectivity index (χ2n) is 3.84. The Morgan fingerprint density at radius 1 is 1.50 bits per heavy atom. The van der Waals surface area contributed by atoms with E-state index in [2.05, 4.69) is 9.97 Å². The van der Waals surface area contributed by atoms with E-state index in [1.165, 1.54) is 11.8 Å². The molecule has 8 heteroatoms. The molecule has 1 fully saturated rings. The van der Waals surface area contributed by atoms with E-state index >= 15 is 0 Å². The number of anilines is 2. The number of aromatic nitrogens is 2. The molecular weight excluding hydrogens is 256 g/mol. The van der Waals surface area contributed by atoms with Gasteiger partial charge in [0.15, 0.2) is 6.29 Å². The maximum atomic E-state index is 11.8. The Morgan fingerprint density at radius 3 is 2.72 bits per heavy atom. The molecule has 1 aliphatic heterocycles. The number of nitrogens with one attached hydrogen (secondary N) is 1. The Bertz CT molecular complexity index is 473. The predicted molar refractivity (Wildman–Crippen MR) is 69.3 cm³/mol. The van der Waals surface area contributed by atoms with Crippen LogP contribution in [0.15, 0.2) is 9.69 Å². The SMILES string of the molecule is CCC(Sc1c(N)nc(N)[nH]c1=O)C1OCCO1. The Kier molecular flexibility index (Phi) is 4.10. The van der Waals surface area contributed by atoms with Crippen molar-refractivity contribution < 1.29 is 9.47 Å². The van der Waals surface area contributed by atoms with E-state index in [0.717, 1.165) is 6.42 Å². The van der Waals surface area contributed by atoms with Gasteiger partial charge in [-0.05, 0) is 6.42 Å². The third-order valence-corrected chi connectivity index (χ3v) is 4.03. The molecule has 18 heavy (non-hydrogen) atoms. The van der Waals surface area contributed by atoms with Crippen molar-refractivity contribution in [1.29, 1.82) is 0 Å². The monoisotopic (exact) mass is 272 g/mol. The minimum absolute atomic E-state index is 0.00123. The zero-order valence-electron chi connectivity index (χ0n) is 10.0. The van der Waals surface area contributed by atoms with Gasteiger partial charge in [-0.1, -0.05) is 6.92 Å². The first-order valence-corrected chi connectivity index (χ1v) is 6.55. The van der Waals surface area contributed by atoms with E-state index in [-0.39, 0.29) is 28.9 Å². The van der Waals surface area contributed by atoms with Crippen LogP contribution in [0.1, 0.15) is 13.3 Å². The number of H-pyrrole nitrogens is 1. The molecule has 0 radical (unpaired) electrons. The second kappa shape index (κ2) is 5.59. The van der Waals surface area contributed by atoms with Crippen LogP contribution in [0.25, 0.3) is 0 Å². The van der Waals surface area contributed by atoms with Crippen LogP contribution in [-0.4, -0.2) is 34.7 Å². The first kappa shape index (κ1) is 13.2. The molecular formula is C10H16N4O3S. The molecule has 1 atom stereocenters. The summed E-state index contributed by atoms with van der Waals surface area (Å²) in [7, 11) is 0. The number of ether oxygens (including phenoxy) is 2. The van der Waals surface area contributed by atoms with Crippen molar-refractivity contribution in [3.63, 3.8) is 0 Å². The number of hydrogen-bond donors (Lipinski definition) is 3. The zero-order chi connectivity index (χ0) is 13.1. The number of rotatable bonds is 4. The van der Waals surface area contributed by atoms with Gasteiger partial charge in [0.05, 0.1) is 18.5 Å². The lowest BCUT2D eigenvalue weighted by atomic mass is 10.3. The minimum Gasteiger partial charge on any atom is -0.382 e. The average molecular weight is 272 g/mol. The number of nitrogens with two attached hydrogens (primary N) is 2. The number of aromatic amines is 1. The van der Waals surface area contributed by atoms with Crippen LogP contribution in [0, 0.1) is 0 Å². The number of nitrogens with zero attached hydrogens (tertiary/aromatic N) is 1. The minimum atomic E-state index is -0.332. The summed E-state index contributed by atoms with van der Waals surface area (Å²) >= 11 is 1.31. The third-order valence-electron chi connectivity index (χ3n) is 2.54. The van der Waals surface area contributed by atoms with E-state index in [9.17, 15) is 4.79 Å². The Hall–Kier alpha value is -1.25. The van der Waals surface area contributed by atoms with Gasteiger partial charge in [0.2, 0.25) is 5.95 Å². The molecule has 0 bridgehead atoms. The van der Waals surface area contributed by atoms with Crippen LogP contribution in [0.2, 0.25) is 0 Å². The molecule has 0 aliphatic carbocycles. The summed E-state index contributed by atoms with van der Waals surface area (Å²) in [5.41, 5.74) is 10.8. The van der Waals surface area contributed by atoms with Crippen molar-refractivity contribution in [2.75, 3.05) is 24.7 Å². The predicted octanol–water partition coefficient (Wildman–Crippen LogP) is 0.178. The number of hydrogen-bond acceptors (Lipinski definition) is 7. The Labute approximate surface area is 108 Å². The molecule has 1 aliphatic rings. The molecule has 100 valence electrons. The van der Waals surface area contributed by atoms with Crippen molar-refractivity contribution in [2.45, 2.75) is 29.8 Å². The van der Waals surface area contributed by atoms with Crippen molar-refractivity contribution in [3.05, 3.63) is 10.4 Å². The van der Waals surface area contributed by atoms with E-state index in [4.69, 9.17) is 20.9 Å². The average Bonchev–Trinajstić information content (AvgIpc) is 2.81. The van der Waals surface area contributed by atoms with Gasteiger partial charge in [-0.25, -0.2) is 0 Å². The van der Waals surface area contributed by atoms with E-state index in [1.54, 1.807) is 0 Å². The quantitative estimate of drug-likeness (QED) is 0.669. The van der Waals surface area contributed by atoms with Gasteiger partial charge in [-0.3, -0.25) is 9.78 Å². The fourth-order valence-electron chi connectivity index (χ4n) is 1.69. The highest BCUT2D eigenvalue weighted by atomic mass is 32.2. The van der Waals surface area contributed by atoms with Crippen LogP contribution in [-0.2, 0) is 9.47 Å². The molecule has 2 heterocycles. The van der Waals surface area contributed by atoms with Crippen molar-refractivity contribution >= 4 is 23.5 Å². The maximum absolute atomic E-state index is 11.8. The fraction of sp³-hybridized carbons (Fsp3) is 0.600. The molecule has 1 aromatic rings. The smallest absolute Gasteiger partial charge is 0.268 e. The Morgan fingerprint density at radius 2 is 2.17 bits per heavy atom. The fourth-order valence-corrected chi connectivity index (χ4v) is 2.75. The highest BCUT2D eigenvalue weighted by Crippen LogP contribution is 2.31. The molecule has 0 amide bonds. The number of thioether (sulfide) groups is 1. The highest BCUT2D eigenvalue weighted by molar-refractivity contribution is 8.00. The summed E-state index contributed by atoms with van der Waals surface area (Å²) in [5, 5.41) is 0.00123. The van der Waals surface area contributed by atoms with Crippen molar-refractivity contribution in [1.82, 2.24) is 9.97 Å². The third kappa shape index (κ3) is 2.77. The molecule has 7 nitrogen and oxygen atoms in total. The van der Waals surface area contributed by atoms with Crippen LogP contribution in [0.3, 0.4) is 0 Å². The summed E-state index contributed by atoms with van der Waals surface area (Å²) in [5.74, 6) is 0.154. The topological polar surface area (TPSA) is 116 Å². The van der Waals surface area contributed by atoms with Crippen LogP contribution >= 0.6 is 11.8 Å². The molecule has 1 saturated heterocycles. The van der Waals surface area contributed by atoms with Gasteiger partial charge in [-0.2, -0.15) is 4.98 Å². The molecule has 2 rings (SSSR count). The molecule has 5 N–H and O–H groups in total. The van der Waals surface area contributed by atoms with E-state index < -0.39 is 0 Å². The highest BCUT2D eigenvalue weighted by Gasteiger charge is 2.28. The first-order chi connectivity index (χ1) is 8.61. The molecule has 0 aromatic carbocycles. The second-order valence-corrected chi connectivity index (χ2v) is 5.09. The van der Waals surface area contributed by atoms with Gasteiger partial charge < -0.3 is 20.9 Å². The summed E-state index contributed by atoms with van der Waals surface area (Å²) in [4.78, 5) is 18.4. The van der Waals surface area contributed by atoms with Crippen LogP contribution in [0.4, 0.5) is 11.8 Å². The Balaban J connectivity index is 2.19. The van der Waals surface area contributed by atoms with Crippen molar-refractivity contribution in [3.8, 4) is 0 Å². The summed E-state index contributed by atoms with van der Waals surface area (Å²) < 4.78 is 10.9. The van der Waals surface area contributed by atoms with Gasteiger partial charge in [0, 0.05) is 0 Å². The van der Waals surface area contributed by atoms with Crippen molar-refractivity contribution in [2.24, 2.45) is 0 Å². The summed E-state index contributed by atoms with van der Waals surface area (Å²) in [6.45, 7) is 3.15.